The smallest absolute Gasteiger partial charge is 1.00 e. The van der Waals surface area contributed by atoms with Crippen LogP contribution in [0.1, 0.15) is 20.8 Å². The van der Waals surface area contributed by atoms with Crippen LogP contribution in [0.3, 0.4) is 0 Å². The Bertz CT molecular complexity index is 259. The third-order valence-electron chi connectivity index (χ3n) is 2.57. The van der Waals surface area contributed by atoms with E-state index in [1.165, 1.54) is 11.1 Å². The molecule has 80 valence electrons. The van der Waals surface area contributed by atoms with Gasteiger partial charge in [-0.05, 0) is 0 Å². The topological polar surface area (TPSA) is 18.5 Å². The van der Waals surface area contributed by atoms with Gasteiger partial charge < -0.3 is 12.4 Å². The summed E-state index contributed by atoms with van der Waals surface area (Å²) >= 11 is -1.88. The second-order valence-corrected chi connectivity index (χ2v) is 7.41. The van der Waals surface area contributed by atoms with Crippen LogP contribution in [0.5, 0.6) is 0 Å². The first-order valence-corrected chi connectivity index (χ1v) is 6.44. The molecule has 0 aromatic carbocycles. The van der Waals surface area contributed by atoms with Crippen molar-refractivity contribution in [2.24, 2.45) is 0 Å². The molecule has 0 radical (unpaired) electrons. The van der Waals surface area contributed by atoms with Crippen molar-refractivity contribution in [1.82, 2.24) is 0 Å². The van der Waals surface area contributed by atoms with Crippen molar-refractivity contribution in [2.45, 2.75) is 24.5 Å². The van der Waals surface area contributed by atoms with E-state index in [1.807, 2.05) is 0 Å². The molecule has 0 aliphatic heterocycles. The van der Waals surface area contributed by atoms with Crippen molar-refractivity contribution in [3.63, 3.8) is 0 Å². The fourth-order valence-electron chi connectivity index (χ4n) is 1.83. The van der Waals surface area contributed by atoms with Crippen molar-refractivity contribution >= 4 is 0 Å². The summed E-state index contributed by atoms with van der Waals surface area (Å²) in [5, 5.41) is 0. The summed E-state index contributed by atoms with van der Waals surface area (Å²) in [5.41, 5.74) is 2.68. The van der Waals surface area contributed by atoms with Crippen LogP contribution in [0.25, 0.3) is 0 Å². The molecule has 14 heavy (non-hydrogen) atoms. The van der Waals surface area contributed by atoms with Crippen molar-refractivity contribution in [3.05, 3.63) is 23.3 Å². The molecule has 2 nitrogen and oxygen atoms in total. The first-order valence-electron chi connectivity index (χ1n) is 4.38. The average Bonchev–Trinajstić information content (AvgIpc) is 2.29. The van der Waals surface area contributed by atoms with E-state index in [9.17, 15) is 0 Å². The Morgan fingerprint density at radius 2 is 1.71 bits per heavy atom. The minimum atomic E-state index is -1.88. The van der Waals surface area contributed by atoms with E-state index < -0.39 is 18.6 Å². The average molecular weight is 253 g/mol. The van der Waals surface area contributed by atoms with Crippen LogP contribution < -0.4 is 12.4 Å². The fraction of sp³-hybridized carbons (Fsp3) is 0.600. The van der Waals surface area contributed by atoms with E-state index >= 15 is 0 Å². The van der Waals surface area contributed by atoms with Crippen molar-refractivity contribution < 1.29 is 37.7 Å². The third-order valence-corrected chi connectivity index (χ3v) is 5.90. The molecule has 1 aliphatic carbocycles. The van der Waals surface area contributed by atoms with Gasteiger partial charge in [-0.2, -0.15) is 0 Å². The second kappa shape index (κ2) is 5.48. The van der Waals surface area contributed by atoms with Gasteiger partial charge in [0.1, 0.15) is 0 Å². The number of rotatable bonds is 3. The van der Waals surface area contributed by atoms with E-state index in [0.29, 0.717) is 0 Å². The molecule has 0 saturated carbocycles. The maximum atomic E-state index is 5.46. The van der Waals surface area contributed by atoms with Crippen LogP contribution in [-0.2, 0) is 25.3 Å². The van der Waals surface area contributed by atoms with Crippen LogP contribution in [0.2, 0.25) is 3.72 Å². The maximum absolute atomic E-state index is 5.46. The van der Waals surface area contributed by atoms with Crippen molar-refractivity contribution in [2.75, 3.05) is 14.2 Å². The van der Waals surface area contributed by atoms with Gasteiger partial charge in [0.25, 0.3) is 0 Å². The molecule has 1 unspecified atom stereocenters. The first kappa shape index (κ1) is 14.4. The van der Waals surface area contributed by atoms with E-state index in [4.69, 9.17) is 6.64 Å². The molecule has 0 amide bonds. The normalized spacial score (nSPS) is 25.2. The Hall–Kier alpha value is 0.404. The maximum Gasteiger partial charge on any atom is -1.00 e. The molecule has 0 bridgehead atoms. The van der Waals surface area contributed by atoms with Gasteiger partial charge in [0, 0.05) is 0 Å². The van der Waals surface area contributed by atoms with Crippen LogP contribution >= 0.6 is 0 Å². The summed E-state index contributed by atoms with van der Waals surface area (Å²) in [4.78, 5) is 0. The van der Waals surface area contributed by atoms with Crippen molar-refractivity contribution in [3.8, 4) is 0 Å². The summed E-state index contributed by atoms with van der Waals surface area (Å²) in [5.74, 6) is 0. The van der Waals surface area contributed by atoms with Crippen LogP contribution in [0.4, 0.5) is 0 Å². The Balaban J connectivity index is 0.00000169. The van der Waals surface area contributed by atoms with Crippen LogP contribution in [0.15, 0.2) is 23.3 Å². The molecule has 0 saturated heterocycles. The van der Waals surface area contributed by atoms with Gasteiger partial charge in [0.2, 0.25) is 0 Å². The minimum Gasteiger partial charge on any atom is -1.00 e. The third kappa shape index (κ3) is 2.50. The molecule has 0 aromatic rings. The number of hydrogen-bond acceptors (Lipinski definition) is 2. The summed E-state index contributed by atoms with van der Waals surface area (Å²) in [6, 6.07) is 0. The van der Waals surface area contributed by atoms with Crippen molar-refractivity contribution in [1.29, 1.82) is 0 Å². The molecule has 1 rings (SSSR count). The Morgan fingerprint density at radius 3 is 2.00 bits per heavy atom. The zero-order valence-electron chi connectivity index (χ0n) is 9.35. The van der Waals surface area contributed by atoms with Crippen LogP contribution in [-0.4, -0.2) is 14.2 Å². The SMILES string of the molecule is C[O][Ti+]([O]C)[C]1(C)C=C(C)C=C1C.[Cl-]. The molecule has 0 fully saturated rings. The number of halogens is 1. The molecule has 0 N–H and O–H groups in total. The molecule has 0 aromatic heterocycles. The molecule has 1 aliphatic rings. The number of allylic oxidation sites excluding steroid dienone is 4. The monoisotopic (exact) mass is 252 g/mol. The summed E-state index contributed by atoms with van der Waals surface area (Å²) < 4.78 is 11.0. The van der Waals surface area contributed by atoms with Gasteiger partial charge in [-0.3, -0.25) is 0 Å². The number of hydrogen-bond donors (Lipinski definition) is 0. The quantitative estimate of drug-likeness (QED) is 0.649. The second-order valence-electron chi connectivity index (χ2n) is 3.61. The fourth-order valence-corrected chi connectivity index (χ4v) is 4.57. The van der Waals surface area contributed by atoms with E-state index in [1.54, 1.807) is 14.2 Å². The van der Waals surface area contributed by atoms with Gasteiger partial charge >= 0.3 is 87.3 Å². The zero-order chi connectivity index (χ0) is 10.1. The molecular formula is C10H17ClO2Ti. The van der Waals surface area contributed by atoms with Gasteiger partial charge in [0.05, 0.1) is 0 Å². The summed E-state index contributed by atoms with van der Waals surface area (Å²) in [6.45, 7) is 6.48. The first-order chi connectivity index (χ1) is 6.04. The standard InChI is InChI=1S/C8H11.2CH3O.ClH.Ti/c1-6-4-7(2)8(3)5-6;2*1-2;;/h4-5H,1-3H3;2*1H3;1H;/q;2*-1;;+3/p-1. The van der Waals surface area contributed by atoms with E-state index in [2.05, 4.69) is 32.9 Å². The predicted molar refractivity (Wildman–Crippen MR) is 49.9 cm³/mol. The molecule has 4 heteroatoms. The summed E-state index contributed by atoms with van der Waals surface area (Å²) in [6.07, 6.45) is 4.48. The van der Waals surface area contributed by atoms with E-state index in [0.717, 1.165) is 0 Å². The van der Waals surface area contributed by atoms with Gasteiger partial charge in [-0.25, -0.2) is 0 Å². The molecule has 0 heterocycles. The van der Waals surface area contributed by atoms with Gasteiger partial charge in [-0.15, -0.1) is 0 Å². The summed E-state index contributed by atoms with van der Waals surface area (Å²) in [7, 11) is 3.50. The molecule has 1 atom stereocenters. The largest absolute Gasteiger partial charge is 1.00 e. The predicted octanol–water partition coefficient (Wildman–Crippen LogP) is -0.184. The van der Waals surface area contributed by atoms with Gasteiger partial charge in [0.15, 0.2) is 0 Å². The molecular weight excluding hydrogens is 235 g/mol. The van der Waals surface area contributed by atoms with E-state index in [-0.39, 0.29) is 16.1 Å². The Kier molecular flexibility index (Phi) is 5.64. The van der Waals surface area contributed by atoms with Crippen LogP contribution in [0, 0.1) is 0 Å². The Morgan fingerprint density at radius 1 is 1.21 bits per heavy atom. The zero-order valence-corrected chi connectivity index (χ0v) is 11.7. The molecule has 0 spiro atoms. The minimum absolute atomic E-state index is 0. The Labute approximate surface area is 99.6 Å². The van der Waals surface area contributed by atoms with Gasteiger partial charge in [-0.1, -0.05) is 0 Å².